The first-order chi connectivity index (χ1) is 25.6. The summed E-state index contributed by atoms with van der Waals surface area (Å²) in [5.41, 5.74) is 4.21. The van der Waals surface area contributed by atoms with Gasteiger partial charge in [0.25, 0.3) is 5.91 Å². The van der Waals surface area contributed by atoms with E-state index < -0.39 is 12.2 Å². The maximum atomic E-state index is 14.1. The molecule has 4 heterocycles. The van der Waals surface area contributed by atoms with Gasteiger partial charge in [0.05, 0.1) is 13.0 Å². The lowest BCUT2D eigenvalue weighted by Gasteiger charge is -2.43. The first-order valence-electron chi connectivity index (χ1n) is 19.4. The van der Waals surface area contributed by atoms with Gasteiger partial charge in [-0.1, -0.05) is 30.3 Å². The fourth-order valence-corrected chi connectivity index (χ4v) is 8.34. The third-order valence-electron chi connectivity index (χ3n) is 11.4. The monoisotopic (exact) mass is 730 g/mol. The zero-order valence-electron chi connectivity index (χ0n) is 31.6. The van der Waals surface area contributed by atoms with E-state index in [2.05, 4.69) is 15.1 Å². The molecule has 1 atom stereocenters. The number of benzene rings is 2. The number of nitrogens with one attached hydrogen (secondary N) is 1. The highest BCUT2D eigenvalue weighted by Gasteiger charge is 2.36. The number of hydrogen-bond donors (Lipinski definition) is 2. The standard InChI is InChI=1S/C39H55BN6O7/c1-3-52-35(47)13-14-42-20-22-43(23-21-42)30-9-15-44(16-10-30)37(49)34(26-28-24-27(2)36(48)32(40)25-28)53-39(51)45-17-11-31(12-18-45)46-19-8-29-6-4-5-7-33(29)41-38(46)50/h4-7,24-25,30-31,34,48H,3,8-23,26,40H2,1-2H3,(H,41,50)/t34-/m1/s1. The first kappa shape index (κ1) is 38.4. The molecule has 0 aliphatic carbocycles. The Hall–Kier alpha value is -4.30. The molecule has 0 saturated carbocycles. The van der Waals surface area contributed by atoms with E-state index in [9.17, 15) is 24.3 Å². The number of amides is 4. The number of nitrogens with zero attached hydrogens (tertiary/aromatic N) is 5. The van der Waals surface area contributed by atoms with Crippen LogP contribution < -0.4 is 10.8 Å². The van der Waals surface area contributed by atoms with Gasteiger partial charge in [-0.05, 0) is 74.2 Å². The Morgan fingerprint density at radius 1 is 0.925 bits per heavy atom. The highest BCUT2D eigenvalue weighted by Crippen LogP contribution is 2.26. The third kappa shape index (κ3) is 9.63. The second-order valence-electron chi connectivity index (χ2n) is 14.9. The molecule has 53 heavy (non-hydrogen) atoms. The second-order valence-corrected chi connectivity index (χ2v) is 14.9. The van der Waals surface area contributed by atoms with E-state index in [-0.39, 0.29) is 36.1 Å². The molecule has 3 fully saturated rings. The number of piperidine rings is 2. The summed E-state index contributed by atoms with van der Waals surface area (Å²) in [6.07, 6.45) is 2.81. The van der Waals surface area contributed by atoms with E-state index >= 15 is 0 Å². The van der Waals surface area contributed by atoms with Crippen molar-refractivity contribution < 1.29 is 33.8 Å². The number of urea groups is 1. The SMILES string of the molecule is Bc1cc(C[C@@H](OC(=O)N2CCC(N3CCc4ccccc4NC3=O)CC2)C(=O)N2CCC(N3CCN(CCC(=O)OCC)CC3)CC2)cc(C)c1O. The van der Waals surface area contributed by atoms with Gasteiger partial charge in [0.1, 0.15) is 13.6 Å². The number of para-hydroxylation sites is 1. The average Bonchev–Trinajstić information content (AvgIpc) is 3.34. The third-order valence-corrected chi connectivity index (χ3v) is 11.4. The zero-order valence-corrected chi connectivity index (χ0v) is 31.6. The molecule has 286 valence electrons. The van der Waals surface area contributed by atoms with Crippen molar-refractivity contribution in [3.63, 3.8) is 0 Å². The zero-order chi connectivity index (χ0) is 37.5. The number of carbonyl (C=O) groups is 4. The van der Waals surface area contributed by atoms with Gasteiger partial charge in [-0.3, -0.25) is 14.5 Å². The van der Waals surface area contributed by atoms with Crippen molar-refractivity contribution in [1.29, 1.82) is 0 Å². The van der Waals surface area contributed by atoms with Crippen molar-refractivity contribution in [2.45, 2.75) is 77.0 Å². The fraction of sp³-hybridized carbons (Fsp3) is 0.590. The van der Waals surface area contributed by atoms with Crippen molar-refractivity contribution in [3.05, 3.63) is 53.1 Å². The van der Waals surface area contributed by atoms with Gasteiger partial charge >= 0.3 is 18.1 Å². The van der Waals surface area contributed by atoms with E-state index in [0.717, 1.165) is 62.3 Å². The number of anilines is 1. The van der Waals surface area contributed by atoms with Crippen molar-refractivity contribution >= 4 is 43.0 Å². The average molecular weight is 731 g/mol. The number of piperazine rings is 1. The molecule has 2 N–H and O–H groups in total. The van der Waals surface area contributed by atoms with E-state index in [1.165, 1.54) is 0 Å². The van der Waals surface area contributed by atoms with Crippen LogP contribution >= 0.6 is 0 Å². The first-order valence-corrected chi connectivity index (χ1v) is 19.4. The number of hydrogen-bond acceptors (Lipinski definition) is 9. The summed E-state index contributed by atoms with van der Waals surface area (Å²) in [6, 6.07) is 11.8. The molecule has 2 aromatic carbocycles. The van der Waals surface area contributed by atoms with E-state index in [1.54, 1.807) is 4.90 Å². The summed E-state index contributed by atoms with van der Waals surface area (Å²) in [7, 11) is 1.83. The number of aromatic hydroxyl groups is 1. The lowest BCUT2D eigenvalue weighted by atomic mass is 9.89. The summed E-state index contributed by atoms with van der Waals surface area (Å²) >= 11 is 0. The van der Waals surface area contributed by atoms with Gasteiger partial charge in [0.2, 0.25) is 0 Å². The Morgan fingerprint density at radius 3 is 2.30 bits per heavy atom. The maximum absolute atomic E-state index is 14.1. The minimum atomic E-state index is -1.00. The van der Waals surface area contributed by atoms with Crippen LogP contribution in [0.1, 0.15) is 55.7 Å². The molecular formula is C39H55BN6O7. The minimum Gasteiger partial charge on any atom is -0.508 e. The van der Waals surface area contributed by atoms with Crippen molar-refractivity contribution in [3.8, 4) is 5.75 Å². The number of aryl methyl sites for hydroxylation is 1. The van der Waals surface area contributed by atoms with Crippen molar-refractivity contribution in [1.82, 2.24) is 24.5 Å². The number of fused-ring (bicyclic) bond motifs is 1. The quantitative estimate of drug-likeness (QED) is 0.279. The normalized spacial score (nSPS) is 20.0. The van der Waals surface area contributed by atoms with Crippen molar-refractivity contribution in [2.75, 3.05) is 77.4 Å². The van der Waals surface area contributed by atoms with Crippen LogP contribution in [0, 0.1) is 6.92 Å². The summed E-state index contributed by atoms with van der Waals surface area (Å²) < 4.78 is 11.2. The smallest absolute Gasteiger partial charge is 0.410 e. The molecule has 0 radical (unpaired) electrons. The number of phenolic OH excluding ortho intramolecular Hbond substituents is 1. The van der Waals surface area contributed by atoms with Gasteiger partial charge in [-0.25, -0.2) is 9.59 Å². The lowest BCUT2D eigenvalue weighted by molar-refractivity contribution is -0.144. The fourth-order valence-electron chi connectivity index (χ4n) is 8.34. The molecule has 0 spiro atoms. The van der Waals surface area contributed by atoms with Crippen LogP contribution in [0.3, 0.4) is 0 Å². The predicted octanol–water partition coefficient (Wildman–Crippen LogP) is 2.12. The van der Waals surface area contributed by atoms with Crippen LogP contribution in [0.5, 0.6) is 5.75 Å². The Labute approximate surface area is 313 Å². The number of carbonyl (C=O) groups excluding carboxylic acids is 4. The van der Waals surface area contributed by atoms with Crippen LogP contribution in [0.2, 0.25) is 0 Å². The van der Waals surface area contributed by atoms with Crippen LogP contribution in [0.15, 0.2) is 36.4 Å². The Bertz CT molecular complexity index is 1600. The molecule has 6 rings (SSSR count). The molecule has 14 heteroatoms. The molecular weight excluding hydrogens is 675 g/mol. The van der Waals surface area contributed by atoms with Gasteiger partial charge < -0.3 is 39.5 Å². The summed E-state index contributed by atoms with van der Waals surface area (Å²) in [6.45, 7) is 11.1. The summed E-state index contributed by atoms with van der Waals surface area (Å²) in [5, 5.41) is 13.4. The van der Waals surface area contributed by atoms with Gasteiger partial charge in [-0.15, -0.1) is 0 Å². The molecule has 4 aliphatic rings. The number of ether oxygens (including phenoxy) is 2. The molecule has 3 saturated heterocycles. The lowest BCUT2D eigenvalue weighted by Crippen LogP contribution is -2.55. The number of rotatable bonds is 10. The molecule has 0 aromatic heterocycles. The molecule has 2 aromatic rings. The molecule has 13 nitrogen and oxygen atoms in total. The number of phenols is 1. The molecule has 4 amide bonds. The van der Waals surface area contributed by atoms with Crippen LogP contribution in [0.25, 0.3) is 0 Å². The number of esters is 1. The Kier molecular flexibility index (Phi) is 12.8. The summed E-state index contributed by atoms with van der Waals surface area (Å²) in [5.74, 6) is -0.123. The van der Waals surface area contributed by atoms with E-state index in [1.807, 2.05) is 67.9 Å². The van der Waals surface area contributed by atoms with Crippen LogP contribution in [-0.4, -0.2) is 152 Å². The topological polar surface area (TPSA) is 135 Å². The van der Waals surface area contributed by atoms with E-state index in [4.69, 9.17) is 9.47 Å². The Balaban J connectivity index is 1.03. The predicted molar refractivity (Wildman–Crippen MR) is 204 cm³/mol. The van der Waals surface area contributed by atoms with E-state index in [0.29, 0.717) is 82.2 Å². The van der Waals surface area contributed by atoms with Crippen molar-refractivity contribution in [2.24, 2.45) is 0 Å². The van der Waals surface area contributed by atoms with Gasteiger partial charge in [-0.2, -0.15) is 0 Å². The molecule has 0 unspecified atom stereocenters. The maximum Gasteiger partial charge on any atom is 0.410 e. The Morgan fingerprint density at radius 2 is 1.60 bits per heavy atom. The highest BCUT2D eigenvalue weighted by atomic mass is 16.6. The van der Waals surface area contributed by atoms with Crippen LogP contribution in [-0.2, 0) is 31.9 Å². The van der Waals surface area contributed by atoms with Gasteiger partial charge in [0, 0.05) is 89.6 Å². The van der Waals surface area contributed by atoms with Crippen LogP contribution in [0.4, 0.5) is 15.3 Å². The second kappa shape index (κ2) is 17.7. The number of likely N-dealkylation sites (tertiary alicyclic amines) is 2. The van der Waals surface area contributed by atoms with Gasteiger partial charge in [0.15, 0.2) is 6.10 Å². The highest BCUT2D eigenvalue weighted by molar-refractivity contribution is 6.34. The molecule has 4 aliphatic heterocycles. The minimum absolute atomic E-state index is 0.00241. The summed E-state index contributed by atoms with van der Waals surface area (Å²) in [4.78, 5) is 63.0. The molecule has 0 bridgehead atoms. The largest absolute Gasteiger partial charge is 0.508 e.